The number of hydrogen-bond acceptors (Lipinski definition) is 5. The number of pyridine rings is 1. The highest BCUT2D eigenvalue weighted by molar-refractivity contribution is 5.57. The first-order chi connectivity index (χ1) is 16.0. The number of anilines is 2. The average molecular weight is 480 g/mol. The van der Waals surface area contributed by atoms with Gasteiger partial charge in [0, 0.05) is 30.9 Å². The number of likely N-dealkylation sites (tertiary alicyclic amines) is 1. The molecule has 1 atom stereocenters. The lowest BCUT2D eigenvalue weighted by Crippen LogP contribution is -2.55. The van der Waals surface area contributed by atoms with E-state index in [-0.39, 0.29) is 12.7 Å². The third kappa shape index (κ3) is 5.15. The number of nitrogens with zero attached hydrogens (tertiary/aromatic N) is 3. The molecule has 2 aliphatic rings. The summed E-state index contributed by atoms with van der Waals surface area (Å²) in [7, 11) is 0. The Morgan fingerprint density at radius 3 is 2.53 bits per heavy atom. The van der Waals surface area contributed by atoms with Crippen molar-refractivity contribution in [2.24, 2.45) is 0 Å². The van der Waals surface area contributed by atoms with Crippen molar-refractivity contribution in [2.45, 2.75) is 57.4 Å². The summed E-state index contributed by atoms with van der Waals surface area (Å²) >= 11 is 0. The second kappa shape index (κ2) is 9.34. The van der Waals surface area contributed by atoms with Gasteiger partial charge in [0.2, 0.25) is 0 Å². The van der Waals surface area contributed by atoms with E-state index in [0.29, 0.717) is 24.2 Å². The fourth-order valence-corrected chi connectivity index (χ4v) is 5.17. The molecule has 0 saturated carbocycles. The van der Waals surface area contributed by atoms with E-state index in [4.69, 9.17) is 5.73 Å². The van der Waals surface area contributed by atoms with Crippen molar-refractivity contribution in [1.82, 2.24) is 14.8 Å². The molecule has 1 saturated heterocycles. The van der Waals surface area contributed by atoms with Gasteiger partial charge in [-0.1, -0.05) is 6.07 Å². The van der Waals surface area contributed by atoms with E-state index in [2.05, 4.69) is 15.2 Å². The molecule has 0 spiro atoms. The van der Waals surface area contributed by atoms with E-state index in [9.17, 15) is 17.6 Å². The Hall–Kier alpha value is -2.39. The van der Waals surface area contributed by atoms with Crippen LogP contribution in [-0.2, 0) is 6.42 Å². The molecule has 0 bridgehead atoms. The van der Waals surface area contributed by atoms with Gasteiger partial charge < -0.3 is 11.1 Å². The maximum atomic E-state index is 13.6. The summed E-state index contributed by atoms with van der Waals surface area (Å²) < 4.78 is 53.2. The highest BCUT2D eigenvalue weighted by Crippen LogP contribution is 2.45. The molecule has 4 rings (SSSR count). The van der Waals surface area contributed by atoms with E-state index in [0.717, 1.165) is 42.0 Å². The van der Waals surface area contributed by atoms with Gasteiger partial charge in [-0.25, -0.2) is 0 Å². The molecule has 2 aliphatic heterocycles. The molecule has 3 heterocycles. The molecule has 9 heteroatoms. The Morgan fingerprint density at radius 1 is 1.18 bits per heavy atom. The molecule has 2 aromatic rings. The van der Waals surface area contributed by atoms with Gasteiger partial charge in [-0.3, -0.25) is 19.2 Å². The monoisotopic (exact) mass is 479 g/mol. The van der Waals surface area contributed by atoms with Gasteiger partial charge in [-0.2, -0.15) is 13.2 Å². The zero-order chi connectivity index (χ0) is 24.7. The van der Waals surface area contributed by atoms with Crippen LogP contribution in [0.15, 0.2) is 30.5 Å². The van der Waals surface area contributed by atoms with Crippen LogP contribution in [0.5, 0.6) is 0 Å². The lowest BCUT2D eigenvalue weighted by molar-refractivity contribution is -0.164. The SMILES string of the molecule is Cc1c(N)ccc2c1CC(C)(C)N(CC(F)(F)F)C2c1ccc(NC2CN(CCCF)C2)cn1. The number of halogens is 4. The van der Waals surface area contributed by atoms with Crippen LogP contribution >= 0.6 is 0 Å². The van der Waals surface area contributed by atoms with Crippen LogP contribution in [-0.4, -0.2) is 65.4 Å². The Bertz CT molecular complexity index is 1000. The standard InChI is InChI=1S/C25H33F4N5/c1-16-20-11-24(2,3)34(15-25(27,28)29)23(19(20)6-7-21(16)30)22-8-5-17(12-31-22)32-18-13-33(14-18)10-4-9-26/h5-8,12,18,23,32H,4,9-11,13-15,30H2,1-3H3. The van der Waals surface area contributed by atoms with Gasteiger partial charge in [0.05, 0.1) is 42.9 Å². The van der Waals surface area contributed by atoms with Crippen LogP contribution in [0.3, 0.4) is 0 Å². The number of fused-ring (bicyclic) bond motifs is 1. The molecular weight excluding hydrogens is 446 g/mol. The van der Waals surface area contributed by atoms with Crippen molar-refractivity contribution >= 4 is 11.4 Å². The maximum absolute atomic E-state index is 13.6. The second-order valence-electron chi connectivity index (χ2n) is 10.1. The van der Waals surface area contributed by atoms with E-state index >= 15 is 0 Å². The normalized spacial score (nSPS) is 21.2. The topological polar surface area (TPSA) is 57.4 Å². The molecule has 0 radical (unpaired) electrons. The fourth-order valence-electron chi connectivity index (χ4n) is 5.17. The quantitative estimate of drug-likeness (QED) is 0.445. The number of alkyl halides is 4. The molecule has 1 fully saturated rings. The lowest BCUT2D eigenvalue weighted by atomic mass is 9.78. The van der Waals surface area contributed by atoms with Gasteiger partial charge >= 0.3 is 6.18 Å². The van der Waals surface area contributed by atoms with Crippen LogP contribution in [0.2, 0.25) is 0 Å². The number of rotatable bonds is 7. The highest BCUT2D eigenvalue weighted by atomic mass is 19.4. The van der Waals surface area contributed by atoms with Gasteiger partial charge in [0.15, 0.2) is 0 Å². The summed E-state index contributed by atoms with van der Waals surface area (Å²) in [5.74, 6) is 0. The smallest absolute Gasteiger partial charge is 0.399 e. The van der Waals surface area contributed by atoms with Gasteiger partial charge in [-0.15, -0.1) is 0 Å². The van der Waals surface area contributed by atoms with Crippen molar-refractivity contribution in [1.29, 1.82) is 0 Å². The lowest BCUT2D eigenvalue weighted by Gasteiger charge is -2.49. The molecule has 0 amide bonds. The summed E-state index contributed by atoms with van der Waals surface area (Å²) in [6.45, 7) is 6.72. The van der Waals surface area contributed by atoms with Crippen molar-refractivity contribution in [3.05, 3.63) is 52.8 Å². The van der Waals surface area contributed by atoms with Gasteiger partial charge in [-0.05, 0) is 68.5 Å². The van der Waals surface area contributed by atoms with Crippen molar-refractivity contribution in [3.8, 4) is 0 Å². The first-order valence-corrected chi connectivity index (χ1v) is 11.7. The third-order valence-corrected chi connectivity index (χ3v) is 7.02. The van der Waals surface area contributed by atoms with E-state index in [1.54, 1.807) is 12.3 Å². The largest absolute Gasteiger partial charge is 0.401 e. The summed E-state index contributed by atoms with van der Waals surface area (Å²) in [5, 5.41) is 3.41. The van der Waals surface area contributed by atoms with Crippen LogP contribution < -0.4 is 11.1 Å². The van der Waals surface area contributed by atoms with Gasteiger partial charge in [0.25, 0.3) is 0 Å². The zero-order valence-corrected chi connectivity index (χ0v) is 19.9. The molecule has 0 aliphatic carbocycles. The third-order valence-electron chi connectivity index (χ3n) is 7.02. The zero-order valence-electron chi connectivity index (χ0n) is 19.9. The predicted octanol–water partition coefficient (Wildman–Crippen LogP) is 4.72. The summed E-state index contributed by atoms with van der Waals surface area (Å²) in [5.41, 5.74) is 10.2. The van der Waals surface area contributed by atoms with E-state index in [1.165, 1.54) is 4.90 Å². The predicted molar refractivity (Wildman–Crippen MR) is 127 cm³/mol. The number of benzene rings is 1. The summed E-state index contributed by atoms with van der Waals surface area (Å²) in [4.78, 5) is 8.31. The maximum Gasteiger partial charge on any atom is 0.401 e. The molecule has 1 aromatic carbocycles. The molecule has 1 unspecified atom stereocenters. The Balaban J connectivity index is 1.60. The minimum absolute atomic E-state index is 0.258. The number of nitrogen functional groups attached to an aromatic ring is 1. The molecule has 5 nitrogen and oxygen atoms in total. The minimum atomic E-state index is -4.34. The Labute approximate surface area is 198 Å². The minimum Gasteiger partial charge on any atom is -0.399 e. The highest BCUT2D eigenvalue weighted by Gasteiger charge is 2.46. The number of nitrogens with one attached hydrogen (secondary N) is 1. The van der Waals surface area contributed by atoms with Crippen molar-refractivity contribution < 1.29 is 17.6 Å². The van der Waals surface area contributed by atoms with Crippen LogP contribution in [0.25, 0.3) is 0 Å². The Kier molecular flexibility index (Phi) is 6.79. The van der Waals surface area contributed by atoms with Crippen LogP contribution in [0, 0.1) is 6.92 Å². The molecular formula is C25H33F4N5. The van der Waals surface area contributed by atoms with Crippen molar-refractivity contribution in [2.75, 3.05) is 43.9 Å². The summed E-state index contributed by atoms with van der Waals surface area (Å²) in [6.07, 6.45) is -1.62. The number of aromatic nitrogens is 1. The van der Waals surface area contributed by atoms with E-state index in [1.807, 2.05) is 39.0 Å². The van der Waals surface area contributed by atoms with Gasteiger partial charge in [0.1, 0.15) is 0 Å². The average Bonchev–Trinajstić information content (AvgIpc) is 2.73. The van der Waals surface area contributed by atoms with Crippen molar-refractivity contribution in [3.63, 3.8) is 0 Å². The molecule has 34 heavy (non-hydrogen) atoms. The number of hydrogen-bond donors (Lipinski definition) is 2. The first-order valence-electron chi connectivity index (χ1n) is 11.7. The second-order valence-corrected chi connectivity index (χ2v) is 10.1. The van der Waals surface area contributed by atoms with Crippen LogP contribution in [0.4, 0.5) is 28.9 Å². The first kappa shape index (κ1) is 24.7. The van der Waals surface area contributed by atoms with Crippen LogP contribution in [0.1, 0.15) is 48.7 Å². The molecule has 3 N–H and O–H groups in total. The summed E-state index contributed by atoms with van der Waals surface area (Å²) in [6, 6.07) is 6.93. The Morgan fingerprint density at radius 2 is 1.91 bits per heavy atom. The molecule has 186 valence electrons. The number of nitrogens with two attached hydrogens (primary N) is 1. The van der Waals surface area contributed by atoms with E-state index < -0.39 is 24.3 Å². The fraction of sp³-hybridized carbons (Fsp3) is 0.560. The molecule has 1 aromatic heterocycles.